The summed E-state index contributed by atoms with van der Waals surface area (Å²) in [5.41, 5.74) is 5.29. The highest BCUT2D eigenvalue weighted by molar-refractivity contribution is 6.01. The summed E-state index contributed by atoms with van der Waals surface area (Å²) in [6, 6.07) is 16.1. The Hall–Kier alpha value is -2.82. The number of hydrogen-bond donors (Lipinski definition) is 1. The molecule has 2 amide bonds. The van der Waals surface area contributed by atoms with E-state index in [1.54, 1.807) is 4.90 Å². The molecule has 1 unspecified atom stereocenters. The van der Waals surface area contributed by atoms with Crippen LogP contribution in [0.4, 0.5) is 10.5 Å². The number of hydrogen-bond acceptors (Lipinski definition) is 3. The molecule has 1 atom stereocenters. The Morgan fingerprint density at radius 2 is 1.85 bits per heavy atom. The number of likely N-dealkylation sites (N-methyl/N-ethyl adjacent to an activating group) is 1. The number of carbonyl (C=O) groups is 1. The zero-order valence-corrected chi connectivity index (χ0v) is 16.2. The Morgan fingerprint density at radius 3 is 2.48 bits per heavy atom. The normalized spacial score (nSPS) is 15.8. The summed E-state index contributed by atoms with van der Waals surface area (Å²) in [4.78, 5) is 19.9. The summed E-state index contributed by atoms with van der Waals surface area (Å²) < 4.78 is 0. The number of benzene rings is 2. The third-order valence-electron chi connectivity index (χ3n) is 4.82. The van der Waals surface area contributed by atoms with Gasteiger partial charge in [0.05, 0.1) is 12.3 Å². The maximum Gasteiger partial charge on any atom is 0.321 e. The summed E-state index contributed by atoms with van der Waals surface area (Å²) in [5.74, 6) is 0. The predicted octanol–water partition coefficient (Wildman–Crippen LogP) is 4.60. The van der Waals surface area contributed by atoms with Crippen LogP contribution in [0.3, 0.4) is 0 Å². The largest absolute Gasteiger partial charge is 0.390 e. The van der Waals surface area contributed by atoms with Crippen molar-refractivity contribution in [2.45, 2.75) is 39.7 Å². The van der Waals surface area contributed by atoms with E-state index >= 15 is 0 Å². The van der Waals surface area contributed by atoms with Gasteiger partial charge >= 0.3 is 6.03 Å². The van der Waals surface area contributed by atoms with E-state index in [0.29, 0.717) is 19.5 Å². The van der Waals surface area contributed by atoms with E-state index in [1.807, 2.05) is 31.2 Å². The molecule has 5 heteroatoms. The maximum absolute atomic E-state index is 12.6. The average Bonchev–Trinajstić information content (AvgIpc) is 3.16. The molecule has 1 aliphatic rings. The Balaban J connectivity index is 1.55. The first-order chi connectivity index (χ1) is 13.1. The van der Waals surface area contributed by atoms with Gasteiger partial charge in [-0.15, -0.1) is 0 Å². The molecular weight excluding hydrogens is 338 g/mol. The minimum Gasteiger partial charge on any atom is -0.390 e. The monoisotopic (exact) mass is 365 g/mol. The van der Waals surface area contributed by atoms with E-state index in [1.165, 1.54) is 11.1 Å². The number of rotatable bonds is 6. The van der Waals surface area contributed by atoms with Crippen LogP contribution in [-0.2, 0) is 11.3 Å². The van der Waals surface area contributed by atoms with Gasteiger partial charge in [-0.3, -0.25) is 0 Å². The van der Waals surface area contributed by atoms with Crippen molar-refractivity contribution in [2.75, 3.05) is 18.4 Å². The van der Waals surface area contributed by atoms with E-state index in [2.05, 4.69) is 48.6 Å². The lowest BCUT2D eigenvalue weighted by Gasteiger charge is -2.23. The lowest BCUT2D eigenvalue weighted by molar-refractivity contribution is 0.0633. The first kappa shape index (κ1) is 19.0. The predicted molar refractivity (Wildman–Crippen MR) is 109 cm³/mol. The zero-order chi connectivity index (χ0) is 19.2. The molecule has 5 nitrogen and oxygen atoms in total. The average molecular weight is 365 g/mol. The van der Waals surface area contributed by atoms with Crippen LogP contribution >= 0.6 is 0 Å². The van der Waals surface area contributed by atoms with Crippen LogP contribution in [-0.4, -0.2) is 35.8 Å². The van der Waals surface area contributed by atoms with Crippen LogP contribution in [0.5, 0.6) is 0 Å². The van der Waals surface area contributed by atoms with Crippen molar-refractivity contribution in [1.82, 2.24) is 4.90 Å². The lowest BCUT2D eigenvalue weighted by atomic mass is 10.0. The number of urea groups is 1. The van der Waals surface area contributed by atoms with E-state index in [9.17, 15) is 4.79 Å². The van der Waals surface area contributed by atoms with Crippen LogP contribution in [0.2, 0.25) is 0 Å². The molecule has 0 saturated carbocycles. The van der Waals surface area contributed by atoms with Crippen LogP contribution in [0.25, 0.3) is 0 Å². The van der Waals surface area contributed by atoms with Gasteiger partial charge in [-0.05, 0) is 43.5 Å². The Kier molecular flexibility index (Phi) is 6.12. The van der Waals surface area contributed by atoms with E-state index in [-0.39, 0.29) is 12.1 Å². The van der Waals surface area contributed by atoms with Gasteiger partial charge in [-0.2, -0.15) is 0 Å². The second kappa shape index (κ2) is 8.71. The molecule has 27 heavy (non-hydrogen) atoms. The number of amides is 2. The molecule has 0 fully saturated rings. The van der Waals surface area contributed by atoms with Gasteiger partial charge in [-0.1, -0.05) is 54.0 Å². The van der Waals surface area contributed by atoms with Gasteiger partial charge in [0, 0.05) is 18.7 Å². The molecule has 1 N–H and O–H groups in total. The van der Waals surface area contributed by atoms with E-state index < -0.39 is 0 Å². The summed E-state index contributed by atoms with van der Waals surface area (Å²) in [6.07, 6.45) is 1.57. The van der Waals surface area contributed by atoms with Gasteiger partial charge in [-0.25, -0.2) is 4.79 Å². The highest BCUT2D eigenvalue weighted by atomic mass is 16.6. The molecule has 0 spiro atoms. The molecule has 0 saturated heterocycles. The molecule has 142 valence electrons. The number of oxime groups is 1. The maximum atomic E-state index is 12.6. The third kappa shape index (κ3) is 4.88. The highest BCUT2D eigenvalue weighted by Crippen LogP contribution is 2.19. The van der Waals surface area contributed by atoms with Crippen molar-refractivity contribution in [3.8, 4) is 0 Å². The standard InChI is InChI=1S/C22H27N3O2/c1-4-17-8-12-19(13-9-17)23-22(26)25(5-2)15-20-14-21(24-27-20)18-10-6-16(3)7-11-18/h6-13,20H,4-5,14-15H2,1-3H3,(H,23,26). The second-order valence-corrected chi connectivity index (χ2v) is 6.85. The molecule has 2 aromatic carbocycles. The van der Waals surface area contributed by atoms with Crippen molar-refractivity contribution in [3.05, 3.63) is 65.2 Å². The van der Waals surface area contributed by atoms with Gasteiger partial charge < -0.3 is 15.1 Å². The lowest BCUT2D eigenvalue weighted by Crippen LogP contribution is -2.40. The van der Waals surface area contributed by atoms with Crippen molar-refractivity contribution >= 4 is 17.4 Å². The smallest absolute Gasteiger partial charge is 0.321 e. The van der Waals surface area contributed by atoms with Crippen molar-refractivity contribution in [1.29, 1.82) is 0 Å². The first-order valence-electron chi connectivity index (χ1n) is 9.53. The second-order valence-electron chi connectivity index (χ2n) is 6.85. The molecule has 0 aliphatic carbocycles. The topological polar surface area (TPSA) is 53.9 Å². The van der Waals surface area contributed by atoms with Crippen LogP contribution < -0.4 is 5.32 Å². The van der Waals surface area contributed by atoms with Crippen LogP contribution in [0.1, 0.15) is 37.0 Å². The quantitative estimate of drug-likeness (QED) is 0.813. The highest BCUT2D eigenvalue weighted by Gasteiger charge is 2.26. The molecule has 1 heterocycles. The Bertz CT molecular complexity index is 797. The molecule has 0 radical (unpaired) electrons. The number of anilines is 1. The minimum atomic E-state index is -0.117. The molecule has 0 bridgehead atoms. The Morgan fingerprint density at radius 1 is 1.15 bits per heavy atom. The summed E-state index contributed by atoms with van der Waals surface area (Å²) in [7, 11) is 0. The van der Waals surface area contributed by atoms with E-state index in [0.717, 1.165) is 23.4 Å². The van der Waals surface area contributed by atoms with Crippen molar-refractivity contribution in [2.24, 2.45) is 5.16 Å². The number of nitrogens with zero attached hydrogens (tertiary/aromatic N) is 2. The zero-order valence-electron chi connectivity index (χ0n) is 16.2. The van der Waals surface area contributed by atoms with Crippen LogP contribution in [0.15, 0.2) is 53.7 Å². The fraction of sp³-hybridized carbons (Fsp3) is 0.364. The molecular formula is C22H27N3O2. The summed E-state index contributed by atoms with van der Waals surface area (Å²) >= 11 is 0. The first-order valence-corrected chi connectivity index (χ1v) is 9.53. The molecule has 3 rings (SSSR count). The van der Waals surface area contributed by atoms with Crippen molar-refractivity contribution < 1.29 is 9.63 Å². The van der Waals surface area contributed by atoms with Gasteiger partial charge in [0.2, 0.25) is 0 Å². The van der Waals surface area contributed by atoms with Crippen LogP contribution in [0, 0.1) is 6.92 Å². The van der Waals surface area contributed by atoms with Crippen molar-refractivity contribution in [3.63, 3.8) is 0 Å². The molecule has 0 aromatic heterocycles. The fourth-order valence-corrected chi connectivity index (χ4v) is 3.07. The van der Waals surface area contributed by atoms with E-state index in [4.69, 9.17) is 4.84 Å². The SMILES string of the molecule is CCc1ccc(NC(=O)N(CC)CC2CC(c3ccc(C)cc3)=NO2)cc1. The number of nitrogens with one attached hydrogen (secondary N) is 1. The number of carbonyl (C=O) groups excluding carboxylic acids is 1. The van der Waals surface area contributed by atoms with Gasteiger partial charge in [0.1, 0.15) is 0 Å². The minimum absolute atomic E-state index is 0.116. The summed E-state index contributed by atoms with van der Waals surface area (Å²) in [5, 5.41) is 7.19. The third-order valence-corrected chi connectivity index (χ3v) is 4.82. The molecule has 2 aromatic rings. The summed E-state index contributed by atoms with van der Waals surface area (Å²) in [6.45, 7) is 7.26. The molecule has 1 aliphatic heterocycles. The van der Waals surface area contributed by atoms with Gasteiger partial charge in [0.25, 0.3) is 0 Å². The van der Waals surface area contributed by atoms with Gasteiger partial charge in [0.15, 0.2) is 6.10 Å². The Labute approximate surface area is 161 Å². The fourth-order valence-electron chi connectivity index (χ4n) is 3.07. The number of aryl methyl sites for hydroxylation is 2.